The average Bonchev–Trinajstić information content (AvgIpc) is 2.66. The van der Waals surface area contributed by atoms with Crippen LogP contribution in [0.5, 0.6) is 0 Å². The van der Waals surface area contributed by atoms with E-state index in [1.165, 1.54) is 23.2 Å². The molecule has 0 aliphatic carbocycles. The summed E-state index contributed by atoms with van der Waals surface area (Å²) >= 11 is 0. The molecule has 2 heterocycles. The van der Waals surface area contributed by atoms with E-state index in [-0.39, 0.29) is 12.4 Å². The lowest BCUT2D eigenvalue weighted by molar-refractivity contribution is -0.159. The van der Waals surface area contributed by atoms with Gasteiger partial charge in [-0.3, -0.25) is 24.5 Å². The Kier molecular flexibility index (Phi) is 7.49. The van der Waals surface area contributed by atoms with E-state index in [9.17, 15) is 24.3 Å². The van der Waals surface area contributed by atoms with Crippen molar-refractivity contribution in [1.82, 2.24) is 19.8 Å². The number of carbonyl (C=O) groups excluding carboxylic acids is 1. The zero-order valence-corrected chi connectivity index (χ0v) is 16.3. The first-order chi connectivity index (χ1) is 14.1. The molecule has 13 nitrogen and oxygen atoms in total. The molecule has 4 atom stereocenters. The quantitative estimate of drug-likeness (QED) is 0.148. The van der Waals surface area contributed by atoms with Crippen molar-refractivity contribution in [1.29, 1.82) is 5.41 Å². The fourth-order valence-corrected chi connectivity index (χ4v) is 2.78. The minimum Gasteiger partial charge on any atom is -0.479 e. The van der Waals surface area contributed by atoms with Crippen LogP contribution >= 0.6 is 0 Å². The third-order valence-corrected chi connectivity index (χ3v) is 4.49. The molecule has 0 saturated heterocycles. The van der Waals surface area contributed by atoms with Gasteiger partial charge in [0, 0.05) is 38.3 Å². The normalized spacial score (nSPS) is 21.6. The summed E-state index contributed by atoms with van der Waals surface area (Å²) in [6.07, 6.45) is 1.83. The van der Waals surface area contributed by atoms with Crippen LogP contribution in [-0.4, -0.2) is 69.2 Å². The van der Waals surface area contributed by atoms with Crippen LogP contribution in [0, 0.1) is 5.41 Å². The van der Waals surface area contributed by atoms with Crippen molar-refractivity contribution in [3.05, 3.63) is 45.3 Å². The number of carboxylic acid groups (broad SMARTS) is 1. The van der Waals surface area contributed by atoms with Gasteiger partial charge in [-0.25, -0.2) is 9.59 Å². The first-order valence-corrected chi connectivity index (χ1v) is 9.06. The standard InChI is InChI=1S/C17H25N7O6/c1-23(16(19)20)6-4-9(18)8-12(26)21-10-2-3-13(30-14(10)15(27)28)24-7-5-11(25)22-17(24)29/h2-3,5,7,9-10,13-14H,4,6,8,18H2,1H3,(H3,19,20)(H,21,26)(H,27,28)(H,22,25,29)/t9-,10-,13+,14-/m0/s1. The van der Waals surface area contributed by atoms with Crippen LogP contribution in [0.4, 0.5) is 0 Å². The second kappa shape index (κ2) is 9.84. The number of carbonyl (C=O) groups is 2. The van der Waals surface area contributed by atoms with Crippen LogP contribution in [0.3, 0.4) is 0 Å². The van der Waals surface area contributed by atoms with Crippen molar-refractivity contribution in [3.63, 3.8) is 0 Å². The molecule has 30 heavy (non-hydrogen) atoms. The van der Waals surface area contributed by atoms with Gasteiger partial charge in [0.05, 0.1) is 6.04 Å². The molecule has 13 heteroatoms. The maximum Gasteiger partial charge on any atom is 0.335 e. The van der Waals surface area contributed by atoms with Crippen molar-refractivity contribution in [2.45, 2.75) is 37.3 Å². The number of ether oxygens (including phenoxy) is 1. The van der Waals surface area contributed by atoms with E-state index in [1.807, 2.05) is 0 Å². The highest BCUT2D eigenvalue weighted by Gasteiger charge is 2.35. The van der Waals surface area contributed by atoms with Crippen molar-refractivity contribution >= 4 is 17.8 Å². The molecule has 1 aromatic heterocycles. The Labute approximate surface area is 170 Å². The first kappa shape index (κ1) is 22.8. The Bertz CT molecular complexity index is 939. The summed E-state index contributed by atoms with van der Waals surface area (Å²) in [6.45, 7) is 0.392. The second-order valence-electron chi connectivity index (χ2n) is 6.84. The Balaban J connectivity index is 2.01. The molecular formula is C17H25N7O6. The zero-order chi connectivity index (χ0) is 22.4. The molecule has 1 aliphatic heterocycles. The zero-order valence-electron chi connectivity index (χ0n) is 16.3. The highest BCUT2D eigenvalue weighted by Crippen LogP contribution is 2.20. The summed E-state index contributed by atoms with van der Waals surface area (Å²) in [5.74, 6) is -1.92. The van der Waals surface area contributed by atoms with Gasteiger partial charge >= 0.3 is 11.7 Å². The third-order valence-electron chi connectivity index (χ3n) is 4.49. The van der Waals surface area contributed by atoms with E-state index in [4.69, 9.17) is 21.6 Å². The number of hydrogen-bond donors (Lipinski definition) is 6. The maximum absolute atomic E-state index is 12.3. The molecule has 0 aromatic carbocycles. The monoisotopic (exact) mass is 423 g/mol. The number of nitrogens with zero attached hydrogens (tertiary/aromatic N) is 2. The van der Waals surface area contributed by atoms with Crippen LogP contribution in [0.15, 0.2) is 34.0 Å². The topological polar surface area (TPSA) is 210 Å². The minimum absolute atomic E-state index is 0.0643. The number of carboxylic acids is 1. The number of nitrogens with one attached hydrogen (secondary N) is 3. The molecule has 0 saturated carbocycles. The molecule has 1 aliphatic rings. The summed E-state index contributed by atoms with van der Waals surface area (Å²) in [4.78, 5) is 50.5. The lowest BCUT2D eigenvalue weighted by Crippen LogP contribution is -2.51. The molecule has 8 N–H and O–H groups in total. The number of nitrogens with two attached hydrogens (primary N) is 2. The number of hydrogen-bond acceptors (Lipinski definition) is 7. The molecule has 0 fully saturated rings. The average molecular weight is 423 g/mol. The van der Waals surface area contributed by atoms with E-state index in [0.717, 1.165) is 10.6 Å². The van der Waals surface area contributed by atoms with Crippen molar-refractivity contribution < 1.29 is 19.4 Å². The van der Waals surface area contributed by atoms with Gasteiger partial charge in [0.1, 0.15) is 0 Å². The molecule has 1 amide bonds. The molecular weight excluding hydrogens is 398 g/mol. The van der Waals surface area contributed by atoms with Crippen molar-refractivity contribution in [2.75, 3.05) is 13.6 Å². The molecule has 0 radical (unpaired) electrons. The molecule has 1 aromatic rings. The summed E-state index contributed by atoms with van der Waals surface area (Å²) < 4.78 is 6.46. The van der Waals surface area contributed by atoms with Crippen LogP contribution in [0.2, 0.25) is 0 Å². The molecule has 164 valence electrons. The smallest absolute Gasteiger partial charge is 0.335 e. The van der Waals surface area contributed by atoms with Gasteiger partial charge in [0.15, 0.2) is 18.3 Å². The van der Waals surface area contributed by atoms with E-state index in [2.05, 4.69) is 10.3 Å². The second-order valence-corrected chi connectivity index (χ2v) is 6.84. The highest BCUT2D eigenvalue weighted by atomic mass is 16.5. The summed E-state index contributed by atoms with van der Waals surface area (Å²) in [6, 6.07) is -0.388. The number of H-pyrrole nitrogens is 1. The number of aliphatic carboxylic acids is 1. The predicted octanol–water partition coefficient (Wildman–Crippen LogP) is -2.51. The Morgan fingerprint density at radius 1 is 1.43 bits per heavy atom. The van der Waals surface area contributed by atoms with E-state index in [0.29, 0.717) is 13.0 Å². The first-order valence-electron chi connectivity index (χ1n) is 9.06. The van der Waals surface area contributed by atoms with Gasteiger partial charge in [0.2, 0.25) is 5.91 Å². The Morgan fingerprint density at radius 3 is 2.73 bits per heavy atom. The van der Waals surface area contributed by atoms with Crippen molar-refractivity contribution in [3.8, 4) is 0 Å². The molecule has 0 bridgehead atoms. The lowest BCUT2D eigenvalue weighted by atomic mass is 10.1. The summed E-state index contributed by atoms with van der Waals surface area (Å²) in [7, 11) is 1.63. The Morgan fingerprint density at radius 2 is 2.13 bits per heavy atom. The third kappa shape index (κ3) is 6.02. The minimum atomic E-state index is -1.46. The number of guanidine groups is 1. The van der Waals surface area contributed by atoms with Crippen LogP contribution in [0.1, 0.15) is 19.1 Å². The van der Waals surface area contributed by atoms with Gasteiger partial charge in [-0.2, -0.15) is 0 Å². The molecule has 0 spiro atoms. The predicted molar refractivity (Wildman–Crippen MR) is 106 cm³/mol. The highest BCUT2D eigenvalue weighted by molar-refractivity contribution is 5.80. The summed E-state index contributed by atoms with van der Waals surface area (Å²) in [5, 5.41) is 19.3. The molecule has 2 rings (SSSR count). The fraction of sp³-hybridized carbons (Fsp3) is 0.471. The van der Waals surface area contributed by atoms with Gasteiger partial charge in [-0.15, -0.1) is 0 Å². The van der Waals surface area contributed by atoms with Gasteiger partial charge < -0.3 is 31.5 Å². The summed E-state index contributed by atoms with van der Waals surface area (Å²) in [5.41, 5.74) is 9.90. The van der Waals surface area contributed by atoms with Crippen LogP contribution < -0.4 is 28.0 Å². The Hall–Kier alpha value is -3.45. The van der Waals surface area contributed by atoms with Gasteiger partial charge in [0.25, 0.3) is 5.56 Å². The van der Waals surface area contributed by atoms with E-state index in [1.54, 1.807) is 7.05 Å². The lowest BCUT2D eigenvalue weighted by Gasteiger charge is -2.31. The molecule has 0 unspecified atom stereocenters. The SMILES string of the molecule is CN(CC[C@H](N)CC(=O)N[C@H]1C=C[C@H](n2ccc(=O)[nH]c2=O)O[C@@H]1C(=O)O)C(=N)N. The van der Waals surface area contributed by atoms with E-state index < -0.39 is 47.5 Å². The van der Waals surface area contributed by atoms with Crippen molar-refractivity contribution in [2.24, 2.45) is 11.5 Å². The number of aromatic amines is 1. The number of rotatable bonds is 8. The van der Waals surface area contributed by atoms with E-state index >= 15 is 0 Å². The number of aromatic nitrogens is 2. The van der Waals surface area contributed by atoms with Crippen LogP contribution in [0.25, 0.3) is 0 Å². The van der Waals surface area contributed by atoms with Crippen LogP contribution in [-0.2, 0) is 14.3 Å². The van der Waals surface area contributed by atoms with Gasteiger partial charge in [-0.1, -0.05) is 6.08 Å². The number of amides is 1. The fourth-order valence-electron chi connectivity index (χ4n) is 2.78. The van der Waals surface area contributed by atoms with Gasteiger partial charge in [-0.05, 0) is 12.5 Å². The maximum atomic E-state index is 12.3. The largest absolute Gasteiger partial charge is 0.479 e.